The van der Waals surface area contributed by atoms with Crippen LogP contribution in [0.3, 0.4) is 0 Å². The van der Waals surface area contributed by atoms with E-state index in [2.05, 4.69) is 0 Å². The normalized spacial score (nSPS) is 31.5. The topological polar surface area (TPSA) is 101 Å². The van der Waals surface area contributed by atoms with E-state index in [-0.39, 0.29) is 0 Å². The summed E-state index contributed by atoms with van der Waals surface area (Å²) in [6, 6.07) is 0. The molecule has 0 saturated heterocycles. The molecule has 0 bridgehead atoms. The standard InChI is InChI=1S/C9H15NO4S/c1-2-4-7-5-3-6-9(10,8(7)11)15(12,13)14/h3,5-6,8,11H,2,4,10H2,1H3,(H,12,13,14). The van der Waals surface area contributed by atoms with Crippen molar-refractivity contribution in [1.82, 2.24) is 0 Å². The number of hydrogen-bond acceptors (Lipinski definition) is 4. The van der Waals surface area contributed by atoms with Gasteiger partial charge in [-0.1, -0.05) is 25.5 Å². The Bertz CT molecular complexity index is 398. The number of aliphatic hydroxyl groups is 1. The third-order valence-corrected chi connectivity index (χ3v) is 3.68. The second-order valence-corrected chi connectivity index (χ2v) is 5.24. The van der Waals surface area contributed by atoms with E-state index in [1.807, 2.05) is 6.92 Å². The molecule has 1 aliphatic carbocycles. The van der Waals surface area contributed by atoms with E-state index in [4.69, 9.17) is 10.3 Å². The smallest absolute Gasteiger partial charge is 0.290 e. The molecule has 15 heavy (non-hydrogen) atoms. The van der Waals surface area contributed by atoms with Crippen LogP contribution >= 0.6 is 0 Å². The zero-order valence-corrected chi connectivity index (χ0v) is 9.24. The third-order valence-electron chi connectivity index (χ3n) is 2.43. The highest BCUT2D eigenvalue weighted by Gasteiger charge is 2.46. The molecule has 0 spiro atoms. The molecular weight excluding hydrogens is 218 g/mol. The summed E-state index contributed by atoms with van der Waals surface area (Å²) in [5.41, 5.74) is 6.00. The molecule has 0 aliphatic heterocycles. The maximum Gasteiger partial charge on any atom is 0.290 e. The molecule has 6 heteroatoms. The summed E-state index contributed by atoms with van der Waals surface area (Å²) in [6.07, 6.45) is 4.05. The van der Waals surface area contributed by atoms with E-state index in [0.29, 0.717) is 12.0 Å². The van der Waals surface area contributed by atoms with Crippen LogP contribution < -0.4 is 5.73 Å². The van der Waals surface area contributed by atoms with Crippen molar-refractivity contribution in [3.8, 4) is 0 Å². The van der Waals surface area contributed by atoms with Gasteiger partial charge in [0.1, 0.15) is 6.10 Å². The Kier molecular flexibility index (Phi) is 3.34. The summed E-state index contributed by atoms with van der Waals surface area (Å²) in [4.78, 5) is -2.12. The van der Waals surface area contributed by atoms with Gasteiger partial charge in [-0.15, -0.1) is 0 Å². The number of nitrogens with two attached hydrogens (primary N) is 1. The lowest BCUT2D eigenvalue weighted by Gasteiger charge is -2.32. The van der Waals surface area contributed by atoms with Gasteiger partial charge in [-0.25, -0.2) is 0 Å². The lowest BCUT2D eigenvalue weighted by atomic mass is 9.94. The quantitative estimate of drug-likeness (QED) is 0.604. The molecule has 5 nitrogen and oxygen atoms in total. The summed E-state index contributed by atoms with van der Waals surface area (Å²) >= 11 is 0. The van der Waals surface area contributed by atoms with Gasteiger partial charge in [0, 0.05) is 0 Å². The summed E-state index contributed by atoms with van der Waals surface area (Å²) in [7, 11) is -4.53. The molecule has 0 saturated carbocycles. The average Bonchev–Trinajstić information content (AvgIpc) is 2.11. The van der Waals surface area contributed by atoms with E-state index in [9.17, 15) is 13.5 Å². The molecule has 0 amide bonds. The number of hydrogen-bond donors (Lipinski definition) is 3. The zero-order valence-electron chi connectivity index (χ0n) is 8.42. The van der Waals surface area contributed by atoms with Crippen LogP contribution in [0, 0.1) is 0 Å². The van der Waals surface area contributed by atoms with Crippen LogP contribution in [-0.2, 0) is 10.1 Å². The maximum absolute atomic E-state index is 11.1. The first-order valence-corrected chi connectivity index (χ1v) is 6.09. The van der Waals surface area contributed by atoms with Crippen molar-refractivity contribution in [1.29, 1.82) is 0 Å². The van der Waals surface area contributed by atoms with Gasteiger partial charge in [-0.2, -0.15) is 8.42 Å². The van der Waals surface area contributed by atoms with Crippen molar-refractivity contribution in [2.24, 2.45) is 5.73 Å². The summed E-state index contributed by atoms with van der Waals surface area (Å²) in [6.45, 7) is 1.90. The molecule has 86 valence electrons. The highest BCUT2D eigenvalue weighted by atomic mass is 32.2. The fourth-order valence-corrected chi connectivity index (χ4v) is 2.21. The van der Waals surface area contributed by atoms with Gasteiger partial charge in [0.05, 0.1) is 0 Å². The van der Waals surface area contributed by atoms with Crippen LogP contribution in [-0.4, -0.2) is 29.1 Å². The van der Waals surface area contributed by atoms with Crippen molar-refractivity contribution in [3.05, 3.63) is 23.8 Å². The van der Waals surface area contributed by atoms with Gasteiger partial charge in [-0.3, -0.25) is 4.55 Å². The Labute approximate surface area is 89.0 Å². The average molecular weight is 233 g/mol. The SMILES string of the molecule is CCCC1=CC=CC(N)(S(=O)(=O)O)C1O. The zero-order chi connectivity index (χ0) is 11.7. The number of rotatable bonds is 3. The number of aliphatic hydroxyl groups excluding tert-OH is 1. The highest BCUT2D eigenvalue weighted by molar-refractivity contribution is 7.87. The number of allylic oxidation sites excluding steroid dienone is 2. The van der Waals surface area contributed by atoms with Gasteiger partial charge < -0.3 is 10.8 Å². The van der Waals surface area contributed by atoms with Gasteiger partial charge in [0.15, 0.2) is 4.87 Å². The summed E-state index contributed by atoms with van der Waals surface area (Å²) in [5, 5.41) is 9.77. The Morgan fingerprint density at radius 2 is 2.20 bits per heavy atom. The van der Waals surface area contributed by atoms with Crippen molar-refractivity contribution >= 4 is 10.1 Å². The molecular formula is C9H15NO4S. The minimum Gasteiger partial charge on any atom is -0.385 e. The molecule has 4 N–H and O–H groups in total. The summed E-state index contributed by atoms with van der Waals surface area (Å²) < 4.78 is 31.1. The lowest BCUT2D eigenvalue weighted by Crippen LogP contribution is -2.56. The molecule has 0 fully saturated rings. The van der Waals surface area contributed by atoms with Crippen molar-refractivity contribution in [3.63, 3.8) is 0 Å². The second-order valence-electron chi connectivity index (χ2n) is 3.58. The lowest BCUT2D eigenvalue weighted by molar-refractivity contribution is 0.167. The van der Waals surface area contributed by atoms with Crippen molar-refractivity contribution < 1.29 is 18.1 Å². The maximum atomic E-state index is 11.1. The Morgan fingerprint density at radius 3 is 2.67 bits per heavy atom. The fraction of sp³-hybridized carbons (Fsp3) is 0.556. The Balaban J connectivity index is 3.10. The first-order valence-electron chi connectivity index (χ1n) is 4.65. The first kappa shape index (κ1) is 12.4. The van der Waals surface area contributed by atoms with E-state index >= 15 is 0 Å². The predicted octanol–water partition coefficient (Wildman–Crippen LogP) is 0.186. The monoisotopic (exact) mass is 233 g/mol. The molecule has 0 aromatic heterocycles. The molecule has 0 heterocycles. The third kappa shape index (κ3) is 2.12. The van der Waals surface area contributed by atoms with E-state index in [1.165, 1.54) is 6.08 Å². The molecule has 0 radical (unpaired) electrons. The molecule has 0 aromatic carbocycles. The second kappa shape index (κ2) is 4.05. The van der Waals surface area contributed by atoms with Crippen LogP contribution in [0.1, 0.15) is 19.8 Å². The van der Waals surface area contributed by atoms with Crippen LogP contribution in [0.25, 0.3) is 0 Å². The van der Waals surface area contributed by atoms with Crippen LogP contribution in [0.2, 0.25) is 0 Å². The minimum absolute atomic E-state index is 0.514. The van der Waals surface area contributed by atoms with Gasteiger partial charge in [0.25, 0.3) is 10.1 Å². The predicted molar refractivity (Wildman–Crippen MR) is 56.6 cm³/mol. The molecule has 2 unspecified atom stereocenters. The highest BCUT2D eigenvalue weighted by Crippen LogP contribution is 2.28. The van der Waals surface area contributed by atoms with E-state index < -0.39 is 21.1 Å². The van der Waals surface area contributed by atoms with Crippen LogP contribution in [0.4, 0.5) is 0 Å². The van der Waals surface area contributed by atoms with Gasteiger partial charge in [-0.05, 0) is 18.1 Å². The fourth-order valence-electron chi connectivity index (χ4n) is 1.53. The van der Waals surface area contributed by atoms with E-state index in [1.54, 1.807) is 6.08 Å². The molecule has 1 aliphatic rings. The molecule has 2 atom stereocenters. The van der Waals surface area contributed by atoms with Crippen molar-refractivity contribution in [2.75, 3.05) is 0 Å². The van der Waals surface area contributed by atoms with Crippen LogP contribution in [0.15, 0.2) is 23.8 Å². The Hall–Kier alpha value is -0.690. The largest absolute Gasteiger partial charge is 0.385 e. The molecule has 1 rings (SSSR count). The van der Waals surface area contributed by atoms with Gasteiger partial charge in [0.2, 0.25) is 0 Å². The van der Waals surface area contributed by atoms with Crippen LogP contribution in [0.5, 0.6) is 0 Å². The first-order chi connectivity index (χ1) is 6.83. The minimum atomic E-state index is -4.53. The van der Waals surface area contributed by atoms with Crippen molar-refractivity contribution in [2.45, 2.75) is 30.7 Å². The van der Waals surface area contributed by atoms with Gasteiger partial charge >= 0.3 is 0 Å². The Morgan fingerprint density at radius 1 is 1.60 bits per heavy atom. The van der Waals surface area contributed by atoms with E-state index in [0.717, 1.165) is 12.5 Å². The molecule has 0 aromatic rings. The summed E-state index contributed by atoms with van der Waals surface area (Å²) in [5.74, 6) is 0.